The van der Waals surface area contributed by atoms with Crippen LogP contribution in [0, 0.1) is 5.92 Å². The van der Waals surface area contributed by atoms with E-state index >= 15 is 0 Å². The van der Waals surface area contributed by atoms with Crippen molar-refractivity contribution in [1.29, 1.82) is 0 Å². The molecule has 0 aliphatic heterocycles. The second-order valence-electron chi connectivity index (χ2n) is 6.46. The molecule has 0 saturated heterocycles. The summed E-state index contributed by atoms with van der Waals surface area (Å²) in [5.74, 6) is 0.894. The Bertz CT molecular complexity index is 227. The van der Waals surface area contributed by atoms with Crippen LogP contribution in [0.4, 0.5) is 0 Å². The average Bonchev–Trinajstić information content (AvgIpc) is 2.41. The minimum Gasteiger partial charge on any atom is -0.394 e. The highest BCUT2D eigenvalue weighted by atomic mass is 16.5. The second kappa shape index (κ2) is 8.93. The molecule has 3 nitrogen and oxygen atoms in total. The molecule has 1 saturated carbocycles. The molecule has 0 aromatic carbocycles. The number of ether oxygens (including phenoxy) is 1. The van der Waals surface area contributed by atoms with Crippen LogP contribution in [0.1, 0.15) is 65.7 Å². The lowest BCUT2D eigenvalue weighted by Gasteiger charge is -2.29. The van der Waals surface area contributed by atoms with E-state index in [1.807, 2.05) is 0 Å². The van der Waals surface area contributed by atoms with Gasteiger partial charge in [-0.05, 0) is 64.3 Å². The molecular weight excluding hydrogens is 238 g/mol. The van der Waals surface area contributed by atoms with Crippen molar-refractivity contribution in [1.82, 2.24) is 5.32 Å². The molecule has 1 atom stereocenters. The highest BCUT2D eigenvalue weighted by Crippen LogP contribution is 2.25. The Morgan fingerprint density at radius 2 is 1.89 bits per heavy atom. The number of aliphatic hydroxyl groups excluding tert-OH is 1. The van der Waals surface area contributed by atoms with Gasteiger partial charge in [-0.25, -0.2) is 0 Å². The third kappa shape index (κ3) is 6.73. The lowest BCUT2D eigenvalue weighted by atomic mass is 9.89. The first-order valence-corrected chi connectivity index (χ1v) is 8.07. The van der Waals surface area contributed by atoms with Gasteiger partial charge in [-0.2, -0.15) is 0 Å². The number of hydrogen-bond acceptors (Lipinski definition) is 3. The third-order valence-electron chi connectivity index (χ3n) is 4.39. The maximum atomic E-state index is 9.41. The molecule has 0 heterocycles. The van der Waals surface area contributed by atoms with Crippen molar-refractivity contribution in [3.05, 3.63) is 0 Å². The normalized spacial score (nSPS) is 27.2. The monoisotopic (exact) mass is 271 g/mol. The Morgan fingerprint density at radius 1 is 1.21 bits per heavy atom. The Labute approximate surface area is 119 Å². The number of aliphatic hydroxyl groups is 1. The van der Waals surface area contributed by atoms with Crippen molar-refractivity contribution >= 4 is 0 Å². The first-order chi connectivity index (χ1) is 9.09. The third-order valence-corrected chi connectivity index (χ3v) is 4.39. The van der Waals surface area contributed by atoms with Crippen molar-refractivity contribution in [3.63, 3.8) is 0 Å². The van der Waals surface area contributed by atoms with E-state index in [9.17, 15) is 5.11 Å². The number of rotatable bonds is 9. The predicted octanol–water partition coefficient (Wildman–Crippen LogP) is 3.11. The van der Waals surface area contributed by atoms with E-state index in [0.29, 0.717) is 6.10 Å². The van der Waals surface area contributed by atoms with Crippen LogP contribution in [0.3, 0.4) is 0 Å². The molecule has 0 radical (unpaired) electrons. The molecule has 1 fully saturated rings. The minimum absolute atomic E-state index is 0.116. The van der Waals surface area contributed by atoms with Crippen LogP contribution < -0.4 is 5.32 Å². The highest BCUT2D eigenvalue weighted by Gasteiger charge is 2.21. The van der Waals surface area contributed by atoms with Crippen LogP contribution in [-0.2, 0) is 4.74 Å². The maximum absolute atomic E-state index is 9.41. The molecule has 0 bridgehead atoms. The van der Waals surface area contributed by atoms with Crippen molar-refractivity contribution in [2.24, 2.45) is 5.92 Å². The van der Waals surface area contributed by atoms with Crippen molar-refractivity contribution in [2.45, 2.75) is 77.4 Å². The molecule has 2 N–H and O–H groups in total. The zero-order valence-electron chi connectivity index (χ0n) is 13.1. The zero-order valence-corrected chi connectivity index (χ0v) is 13.1. The summed E-state index contributed by atoms with van der Waals surface area (Å²) in [6.07, 6.45) is 8.89. The van der Waals surface area contributed by atoms with E-state index in [4.69, 9.17) is 4.74 Å². The summed E-state index contributed by atoms with van der Waals surface area (Å²) in [7, 11) is 0. The Morgan fingerprint density at radius 3 is 2.47 bits per heavy atom. The summed E-state index contributed by atoms with van der Waals surface area (Å²) in [6, 6.07) is 0. The fourth-order valence-corrected chi connectivity index (χ4v) is 2.91. The number of likely N-dealkylation sites (N-methyl/N-ethyl adjacent to an activating group) is 1. The summed E-state index contributed by atoms with van der Waals surface area (Å²) in [5.41, 5.74) is -0.116. The molecule has 1 rings (SSSR count). The molecule has 1 aliphatic rings. The van der Waals surface area contributed by atoms with E-state index in [2.05, 4.69) is 26.1 Å². The summed E-state index contributed by atoms with van der Waals surface area (Å²) < 4.78 is 5.96. The number of nitrogens with one attached hydrogen (secondary N) is 1. The van der Waals surface area contributed by atoms with Gasteiger partial charge < -0.3 is 15.2 Å². The van der Waals surface area contributed by atoms with Crippen molar-refractivity contribution in [3.8, 4) is 0 Å². The van der Waals surface area contributed by atoms with Crippen LogP contribution >= 0.6 is 0 Å². The van der Waals surface area contributed by atoms with Crippen molar-refractivity contribution in [2.75, 3.05) is 19.8 Å². The molecule has 0 aromatic heterocycles. The topological polar surface area (TPSA) is 41.5 Å². The Hall–Kier alpha value is -0.120. The molecule has 19 heavy (non-hydrogen) atoms. The largest absolute Gasteiger partial charge is 0.394 e. The van der Waals surface area contributed by atoms with E-state index in [1.54, 1.807) is 0 Å². The van der Waals surface area contributed by atoms with Gasteiger partial charge in [-0.15, -0.1) is 0 Å². The van der Waals surface area contributed by atoms with Gasteiger partial charge >= 0.3 is 0 Å². The molecule has 3 heteroatoms. The second-order valence-corrected chi connectivity index (χ2v) is 6.46. The van der Waals surface area contributed by atoms with Crippen LogP contribution in [-0.4, -0.2) is 36.5 Å². The van der Waals surface area contributed by atoms with Gasteiger partial charge in [0.25, 0.3) is 0 Å². The minimum atomic E-state index is -0.116. The Kier molecular flexibility index (Phi) is 7.96. The molecule has 0 aromatic rings. The summed E-state index contributed by atoms with van der Waals surface area (Å²) in [5, 5.41) is 12.8. The van der Waals surface area contributed by atoms with Gasteiger partial charge in [0.05, 0.1) is 12.7 Å². The highest BCUT2D eigenvalue weighted by molar-refractivity contribution is 4.81. The van der Waals surface area contributed by atoms with E-state index in [0.717, 1.165) is 38.3 Å². The molecule has 0 spiro atoms. The number of hydrogen-bond donors (Lipinski definition) is 2. The quantitative estimate of drug-likeness (QED) is 0.633. The predicted molar refractivity (Wildman–Crippen MR) is 80.4 cm³/mol. The SMILES string of the molecule is CCNC(C)(CO)CCCCOC1CCC(C)CC1. The van der Waals surface area contributed by atoms with Gasteiger partial charge in [0.2, 0.25) is 0 Å². The van der Waals surface area contributed by atoms with Crippen LogP contribution in [0.5, 0.6) is 0 Å². The zero-order chi connectivity index (χ0) is 14.1. The molecule has 114 valence electrons. The van der Waals surface area contributed by atoms with Gasteiger partial charge in [-0.1, -0.05) is 13.8 Å². The Balaban J connectivity index is 2.04. The summed E-state index contributed by atoms with van der Waals surface area (Å²) in [4.78, 5) is 0. The average molecular weight is 271 g/mol. The van der Waals surface area contributed by atoms with E-state index < -0.39 is 0 Å². The first kappa shape index (κ1) is 16.9. The summed E-state index contributed by atoms with van der Waals surface area (Å²) in [6.45, 7) is 8.52. The van der Waals surface area contributed by atoms with Gasteiger partial charge in [0.15, 0.2) is 0 Å². The standard InChI is InChI=1S/C16H33NO2/c1-4-17-16(3,13-18)11-5-6-12-19-15-9-7-14(2)8-10-15/h14-15,17-18H,4-13H2,1-3H3. The lowest BCUT2D eigenvalue weighted by Crippen LogP contribution is -2.45. The van der Waals surface area contributed by atoms with Gasteiger partial charge in [0.1, 0.15) is 0 Å². The molecular formula is C16H33NO2. The molecule has 0 amide bonds. The maximum Gasteiger partial charge on any atom is 0.0610 e. The van der Waals surface area contributed by atoms with Crippen LogP contribution in [0.2, 0.25) is 0 Å². The summed E-state index contributed by atoms with van der Waals surface area (Å²) >= 11 is 0. The smallest absolute Gasteiger partial charge is 0.0610 e. The van der Waals surface area contributed by atoms with E-state index in [1.165, 1.54) is 25.7 Å². The van der Waals surface area contributed by atoms with E-state index in [-0.39, 0.29) is 12.1 Å². The fourth-order valence-electron chi connectivity index (χ4n) is 2.91. The molecule has 1 aliphatic carbocycles. The first-order valence-electron chi connectivity index (χ1n) is 8.07. The lowest BCUT2D eigenvalue weighted by molar-refractivity contribution is 0.0169. The number of unbranched alkanes of at least 4 members (excludes halogenated alkanes) is 1. The fraction of sp³-hybridized carbons (Fsp3) is 1.00. The van der Waals surface area contributed by atoms with Crippen molar-refractivity contribution < 1.29 is 9.84 Å². The van der Waals surface area contributed by atoms with Crippen LogP contribution in [0.15, 0.2) is 0 Å². The van der Waals surface area contributed by atoms with Gasteiger partial charge in [-0.3, -0.25) is 0 Å². The van der Waals surface area contributed by atoms with Gasteiger partial charge in [0, 0.05) is 12.1 Å². The molecule has 1 unspecified atom stereocenters. The van der Waals surface area contributed by atoms with Crippen LogP contribution in [0.25, 0.3) is 0 Å².